The Morgan fingerprint density at radius 2 is 1.06 bits per heavy atom. The lowest BCUT2D eigenvalue weighted by molar-refractivity contribution is -0.152. The third kappa shape index (κ3) is 19.3. The molecule has 4 heteroatoms. The summed E-state index contributed by atoms with van der Waals surface area (Å²) in [5.74, 6) is 0.0974. The lowest BCUT2D eigenvalue weighted by Gasteiger charge is -2.25. The summed E-state index contributed by atoms with van der Waals surface area (Å²) >= 11 is 0. The Kier molecular flexibility index (Phi) is 24.3. The van der Waals surface area contributed by atoms with E-state index in [1.165, 1.54) is 64.2 Å². The first kappa shape index (κ1) is 32.9. The molecule has 2 atom stereocenters. The summed E-state index contributed by atoms with van der Waals surface area (Å²) in [4.78, 5) is 25.1. The molecule has 0 saturated heterocycles. The van der Waals surface area contributed by atoms with Gasteiger partial charge < -0.3 is 9.47 Å². The average molecular weight is 483 g/mol. The Balaban J connectivity index is 4.39. The second kappa shape index (κ2) is 25.0. The second-order valence-electron chi connectivity index (χ2n) is 10.1. The van der Waals surface area contributed by atoms with Gasteiger partial charge in [-0.1, -0.05) is 118 Å². The maximum Gasteiger partial charge on any atom is 0.309 e. The minimum atomic E-state index is -0.119. The van der Waals surface area contributed by atoms with Crippen molar-refractivity contribution in [3.8, 4) is 0 Å². The number of carbonyl (C=O) groups is 2. The summed E-state index contributed by atoms with van der Waals surface area (Å²) in [6.07, 6.45) is 21.7. The highest BCUT2D eigenvalue weighted by molar-refractivity contribution is 5.73. The van der Waals surface area contributed by atoms with Crippen molar-refractivity contribution in [1.82, 2.24) is 0 Å². The molecule has 2 unspecified atom stereocenters. The summed E-state index contributed by atoms with van der Waals surface area (Å²) < 4.78 is 11.1. The van der Waals surface area contributed by atoms with Crippen LogP contribution < -0.4 is 0 Å². The first-order valence-corrected chi connectivity index (χ1v) is 14.9. The van der Waals surface area contributed by atoms with Gasteiger partial charge in [-0.3, -0.25) is 9.59 Å². The fourth-order valence-electron chi connectivity index (χ4n) is 4.66. The molecular weight excluding hydrogens is 424 g/mol. The molecule has 0 aliphatic carbocycles. The topological polar surface area (TPSA) is 52.6 Å². The lowest BCUT2D eigenvalue weighted by atomic mass is 9.82. The smallest absolute Gasteiger partial charge is 0.309 e. The Bertz CT molecular complexity index is 463. The molecule has 0 aromatic heterocycles. The van der Waals surface area contributed by atoms with Gasteiger partial charge in [0.2, 0.25) is 0 Å². The molecule has 0 spiro atoms. The van der Waals surface area contributed by atoms with E-state index in [0.717, 1.165) is 51.4 Å². The Morgan fingerprint density at radius 1 is 0.559 bits per heavy atom. The highest BCUT2D eigenvalue weighted by atomic mass is 16.5. The van der Waals surface area contributed by atoms with E-state index in [2.05, 4.69) is 27.7 Å². The number of ether oxygens (including phenoxy) is 2. The Morgan fingerprint density at radius 3 is 1.62 bits per heavy atom. The molecule has 0 aromatic carbocycles. The fraction of sp³-hybridized carbons (Fsp3) is 0.933. The normalized spacial score (nSPS) is 12.9. The highest BCUT2D eigenvalue weighted by Gasteiger charge is 2.28. The Hall–Kier alpha value is -1.06. The molecule has 0 aromatic rings. The number of rotatable bonds is 25. The third-order valence-corrected chi connectivity index (χ3v) is 6.97. The summed E-state index contributed by atoms with van der Waals surface area (Å²) in [6.45, 7) is 9.90. The van der Waals surface area contributed by atoms with Crippen LogP contribution in [0.2, 0.25) is 0 Å². The van der Waals surface area contributed by atoms with E-state index < -0.39 is 0 Å². The van der Waals surface area contributed by atoms with Crippen LogP contribution in [0, 0.1) is 11.8 Å². The summed E-state index contributed by atoms with van der Waals surface area (Å²) in [5.41, 5.74) is 0. The molecule has 0 saturated carbocycles. The SMILES string of the molecule is CCCCCCCCOC(=O)CCCC(C(=O)OCCCCCCCC)C(CC)CCCCC. The van der Waals surface area contributed by atoms with Gasteiger partial charge in [-0.25, -0.2) is 0 Å². The molecule has 0 N–H and O–H groups in total. The van der Waals surface area contributed by atoms with E-state index in [1.54, 1.807) is 0 Å². The van der Waals surface area contributed by atoms with Crippen LogP contribution in [0.15, 0.2) is 0 Å². The van der Waals surface area contributed by atoms with Gasteiger partial charge in [-0.15, -0.1) is 0 Å². The highest BCUT2D eigenvalue weighted by Crippen LogP contribution is 2.28. The van der Waals surface area contributed by atoms with Crippen LogP contribution >= 0.6 is 0 Å². The molecular formula is C30H58O4. The standard InChI is InChI=1S/C30H58O4/c1-5-9-12-14-16-19-25-33-29(31)24-21-23-28(27(8-4)22-18-11-7-3)30(32)34-26-20-17-15-13-10-6-2/h27-28H,5-26H2,1-4H3. The molecule has 0 heterocycles. The van der Waals surface area contributed by atoms with Crippen LogP contribution in [0.25, 0.3) is 0 Å². The maximum atomic E-state index is 13.0. The molecule has 0 fully saturated rings. The average Bonchev–Trinajstić information content (AvgIpc) is 2.84. The molecule has 0 rings (SSSR count). The van der Waals surface area contributed by atoms with Crippen molar-refractivity contribution in [1.29, 1.82) is 0 Å². The van der Waals surface area contributed by atoms with Gasteiger partial charge >= 0.3 is 11.9 Å². The molecule has 0 radical (unpaired) electrons. The molecule has 202 valence electrons. The van der Waals surface area contributed by atoms with Gasteiger partial charge in [0.25, 0.3) is 0 Å². The quantitative estimate of drug-likeness (QED) is 0.0961. The van der Waals surface area contributed by atoms with E-state index in [9.17, 15) is 9.59 Å². The van der Waals surface area contributed by atoms with Gasteiger partial charge in [0.1, 0.15) is 0 Å². The van der Waals surface area contributed by atoms with Crippen molar-refractivity contribution in [2.24, 2.45) is 11.8 Å². The number of carbonyl (C=O) groups excluding carboxylic acids is 2. The minimum Gasteiger partial charge on any atom is -0.466 e. The summed E-state index contributed by atoms with van der Waals surface area (Å²) in [6, 6.07) is 0. The van der Waals surface area contributed by atoms with Gasteiger partial charge in [0.15, 0.2) is 0 Å². The van der Waals surface area contributed by atoms with Gasteiger partial charge in [0.05, 0.1) is 19.1 Å². The van der Waals surface area contributed by atoms with Crippen molar-refractivity contribution in [3.05, 3.63) is 0 Å². The third-order valence-electron chi connectivity index (χ3n) is 6.97. The van der Waals surface area contributed by atoms with E-state index >= 15 is 0 Å². The number of hydrogen-bond acceptors (Lipinski definition) is 4. The van der Waals surface area contributed by atoms with E-state index in [-0.39, 0.29) is 17.9 Å². The fourth-order valence-corrected chi connectivity index (χ4v) is 4.66. The second-order valence-corrected chi connectivity index (χ2v) is 10.1. The molecule has 34 heavy (non-hydrogen) atoms. The lowest BCUT2D eigenvalue weighted by Crippen LogP contribution is -2.26. The zero-order chi connectivity index (χ0) is 25.3. The van der Waals surface area contributed by atoms with E-state index in [4.69, 9.17) is 9.47 Å². The predicted molar refractivity (Wildman–Crippen MR) is 144 cm³/mol. The summed E-state index contributed by atoms with van der Waals surface area (Å²) in [7, 11) is 0. The van der Waals surface area contributed by atoms with Crippen LogP contribution in [0.1, 0.15) is 156 Å². The van der Waals surface area contributed by atoms with Crippen molar-refractivity contribution in [3.63, 3.8) is 0 Å². The zero-order valence-corrected chi connectivity index (χ0v) is 23.3. The van der Waals surface area contributed by atoms with Gasteiger partial charge in [-0.2, -0.15) is 0 Å². The van der Waals surface area contributed by atoms with Crippen LogP contribution in [0.3, 0.4) is 0 Å². The van der Waals surface area contributed by atoms with E-state index in [1.807, 2.05) is 0 Å². The van der Waals surface area contributed by atoms with Gasteiger partial charge in [0, 0.05) is 6.42 Å². The summed E-state index contributed by atoms with van der Waals surface area (Å²) in [5, 5.41) is 0. The molecule has 4 nitrogen and oxygen atoms in total. The van der Waals surface area contributed by atoms with Gasteiger partial charge in [-0.05, 0) is 38.0 Å². The van der Waals surface area contributed by atoms with Crippen LogP contribution in [-0.2, 0) is 19.1 Å². The van der Waals surface area contributed by atoms with Crippen LogP contribution in [0.5, 0.6) is 0 Å². The van der Waals surface area contributed by atoms with Crippen molar-refractivity contribution < 1.29 is 19.1 Å². The zero-order valence-electron chi connectivity index (χ0n) is 23.3. The number of hydrogen-bond donors (Lipinski definition) is 0. The van der Waals surface area contributed by atoms with Crippen molar-refractivity contribution in [2.75, 3.05) is 13.2 Å². The molecule has 0 bridgehead atoms. The largest absolute Gasteiger partial charge is 0.466 e. The van der Waals surface area contributed by atoms with Crippen LogP contribution in [-0.4, -0.2) is 25.2 Å². The van der Waals surface area contributed by atoms with Crippen molar-refractivity contribution in [2.45, 2.75) is 156 Å². The maximum absolute atomic E-state index is 13.0. The van der Waals surface area contributed by atoms with E-state index in [0.29, 0.717) is 32.0 Å². The number of esters is 2. The monoisotopic (exact) mass is 482 g/mol. The predicted octanol–water partition coefficient (Wildman–Crippen LogP) is 9.19. The molecule has 0 amide bonds. The first-order chi connectivity index (χ1) is 16.6. The molecule has 0 aliphatic heterocycles. The molecule has 0 aliphatic rings. The van der Waals surface area contributed by atoms with Crippen LogP contribution in [0.4, 0.5) is 0 Å². The Labute approximate surface area is 212 Å². The minimum absolute atomic E-state index is 0.0441. The van der Waals surface area contributed by atoms with Crippen molar-refractivity contribution >= 4 is 11.9 Å². The first-order valence-electron chi connectivity index (χ1n) is 14.9. The number of unbranched alkanes of at least 4 members (excludes halogenated alkanes) is 12.